The molecule has 6 atom stereocenters. The largest absolute Gasteiger partial charge is 0.472 e. The van der Waals surface area contributed by atoms with Gasteiger partial charge in [-0.3, -0.25) is 13.8 Å². The van der Waals surface area contributed by atoms with Crippen LogP contribution >= 0.6 is 7.82 Å². The van der Waals surface area contributed by atoms with Crippen molar-refractivity contribution in [2.24, 2.45) is 0 Å². The summed E-state index contributed by atoms with van der Waals surface area (Å²) >= 11 is 0. The van der Waals surface area contributed by atoms with Crippen LogP contribution in [0.15, 0.2) is 48.6 Å². The van der Waals surface area contributed by atoms with Crippen molar-refractivity contribution in [3.63, 3.8) is 0 Å². The smallest absolute Gasteiger partial charge is 0.457 e. The van der Waals surface area contributed by atoms with Crippen LogP contribution in [-0.2, 0) is 27.9 Å². The van der Waals surface area contributed by atoms with Crippen LogP contribution in [0.4, 0.5) is 0 Å². The molecule has 1 saturated carbocycles. The van der Waals surface area contributed by atoms with E-state index in [-0.39, 0.29) is 13.0 Å². The van der Waals surface area contributed by atoms with Gasteiger partial charge >= 0.3 is 13.8 Å². The minimum absolute atomic E-state index is 0.0835. The molecule has 0 aromatic carbocycles. The molecule has 6 N–H and O–H groups in total. The standard InChI is InChI=1S/C53H97O12P/c1-3-5-7-9-11-13-15-17-19-20-21-22-23-24-25-26-27-29-31-33-35-37-39-41-43-62-44-46(45-63-66(60,61)65-53-51(58)49(56)48(55)50(57)52(53)59)64-47(54)42-40-38-36-34-32-30-28-18-16-14-12-10-8-6-4-2/h12,14-15,17-18,20-21,28,46,48-53,55-59H,3-11,13,16,19,22-27,29-45H2,1-2H3,(H,60,61)/b14-12-,17-15-,21-20-,28-18-. The fraction of sp³-hybridized carbons (Fsp3) is 0.830. The van der Waals surface area contributed by atoms with E-state index in [1.54, 1.807) is 0 Å². The number of aliphatic hydroxyl groups is 5. The van der Waals surface area contributed by atoms with Crippen LogP contribution in [-0.4, -0.2) is 98.9 Å². The monoisotopic (exact) mass is 957 g/mol. The summed E-state index contributed by atoms with van der Waals surface area (Å²) in [4.78, 5) is 23.2. The molecule has 0 amide bonds. The maximum Gasteiger partial charge on any atom is 0.472 e. The van der Waals surface area contributed by atoms with E-state index in [1.165, 1.54) is 122 Å². The number of phosphoric acid groups is 1. The summed E-state index contributed by atoms with van der Waals surface area (Å²) in [6.07, 6.45) is 41.8. The van der Waals surface area contributed by atoms with E-state index in [1.807, 2.05) is 0 Å². The Hall–Kier alpha value is -1.70. The van der Waals surface area contributed by atoms with E-state index >= 15 is 0 Å². The zero-order valence-corrected chi connectivity index (χ0v) is 42.4. The van der Waals surface area contributed by atoms with Crippen molar-refractivity contribution in [3.05, 3.63) is 48.6 Å². The van der Waals surface area contributed by atoms with Crippen LogP contribution in [0.25, 0.3) is 0 Å². The van der Waals surface area contributed by atoms with E-state index in [9.17, 15) is 39.8 Å². The Bertz CT molecular complexity index is 1270. The Kier molecular flexibility index (Phi) is 40.9. The average Bonchev–Trinajstić information content (AvgIpc) is 3.30. The van der Waals surface area contributed by atoms with Crippen molar-refractivity contribution >= 4 is 13.8 Å². The Balaban J connectivity index is 2.31. The second-order valence-corrected chi connectivity index (χ2v) is 19.8. The molecule has 0 aromatic rings. The average molecular weight is 957 g/mol. The number of hydrogen-bond acceptors (Lipinski definition) is 11. The topological polar surface area (TPSA) is 192 Å². The number of allylic oxidation sites excluding steroid dienone is 8. The minimum Gasteiger partial charge on any atom is -0.457 e. The zero-order valence-electron chi connectivity index (χ0n) is 41.5. The lowest BCUT2D eigenvalue weighted by atomic mass is 9.85. The first-order valence-electron chi connectivity index (χ1n) is 26.5. The number of carbonyl (C=O) groups excluding carboxylic acids is 1. The SMILES string of the molecule is CCCCC/C=C\C/C=C\CCCCCCCC(=O)OC(COCCCCCCCCCCCCCC/C=C\C/C=C\CCCCCCC)COP(=O)(O)OC1C(O)C(O)C(O)C(O)C1O. The number of phosphoric ester groups is 1. The minimum atomic E-state index is -5.03. The molecule has 0 aliphatic heterocycles. The van der Waals surface area contributed by atoms with Crippen LogP contribution in [0.2, 0.25) is 0 Å². The number of hydrogen-bond donors (Lipinski definition) is 6. The second-order valence-electron chi connectivity index (χ2n) is 18.4. The predicted octanol–water partition coefficient (Wildman–Crippen LogP) is 12.0. The van der Waals surface area contributed by atoms with Gasteiger partial charge in [0, 0.05) is 13.0 Å². The first-order valence-corrected chi connectivity index (χ1v) is 28.0. The molecule has 1 aliphatic rings. The van der Waals surface area contributed by atoms with E-state index in [0.29, 0.717) is 13.0 Å². The van der Waals surface area contributed by atoms with Crippen LogP contribution < -0.4 is 0 Å². The summed E-state index contributed by atoms with van der Waals surface area (Å²) in [7, 11) is -5.03. The van der Waals surface area contributed by atoms with Gasteiger partial charge in [-0.25, -0.2) is 4.57 Å². The summed E-state index contributed by atoms with van der Waals surface area (Å²) in [6.45, 7) is 4.22. The third kappa shape index (κ3) is 34.6. The highest BCUT2D eigenvalue weighted by molar-refractivity contribution is 7.47. The summed E-state index contributed by atoms with van der Waals surface area (Å²) in [5, 5.41) is 50.3. The van der Waals surface area contributed by atoms with Gasteiger partial charge in [0.05, 0.1) is 13.2 Å². The molecule has 12 nitrogen and oxygen atoms in total. The summed E-state index contributed by atoms with van der Waals surface area (Å²) in [5.74, 6) is -0.491. The first kappa shape index (κ1) is 62.3. The van der Waals surface area contributed by atoms with Crippen LogP contribution in [0.3, 0.4) is 0 Å². The predicted molar refractivity (Wildman–Crippen MR) is 267 cm³/mol. The summed E-state index contributed by atoms with van der Waals surface area (Å²) in [5.41, 5.74) is 0. The van der Waals surface area contributed by atoms with Crippen LogP contribution in [0, 0.1) is 0 Å². The summed E-state index contributed by atoms with van der Waals surface area (Å²) in [6, 6.07) is 0. The molecular formula is C53H97O12P. The van der Waals surface area contributed by atoms with Gasteiger partial charge in [0.25, 0.3) is 0 Å². The molecule has 0 bridgehead atoms. The number of esters is 1. The molecule has 13 heteroatoms. The molecule has 1 rings (SSSR count). The number of aliphatic hydroxyl groups excluding tert-OH is 5. The molecule has 0 spiro atoms. The maximum absolute atomic E-state index is 12.9. The van der Waals surface area contributed by atoms with Crippen molar-refractivity contribution in [3.8, 4) is 0 Å². The highest BCUT2D eigenvalue weighted by Crippen LogP contribution is 2.47. The van der Waals surface area contributed by atoms with E-state index in [2.05, 4.69) is 62.5 Å². The molecular weight excluding hydrogens is 860 g/mol. The number of carbonyl (C=O) groups is 1. The zero-order chi connectivity index (χ0) is 48.4. The van der Waals surface area contributed by atoms with E-state index in [0.717, 1.165) is 70.6 Å². The normalized spacial score (nSPS) is 21.8. The van der Waals surface area contributed by atoms with Gasteiger partial charge in [-0.2, -0.15) is 0 Å². The lowest BCUT2D eigenvalue weighted by Crippen LogP contribution is -2.64. The molecule has 0 radical (unpaired) electrons. The second kappa shape index (κ2) is 43.3. The van der Waals surface area contributed by atoms with Crippen molar-refractivity contribution in [1.29, 1.82) is 0 Å². The molecule has 1 aliphatic carbocycles. The van der Waals surface area contributed by atoms with Gasteiger partial charge in [0.2, 0.25) is 0 Å². The molecule has 0 aromatic heterocycles. The third-order valence-electron chi connectivity index (χ3n) is 12.2. The Morgan fingerprint density at radius 3 is 1.30 bits per heavy atom. The highest BCUT2D eigenvalue weighted by Gasteiger charge is 2.51. The van der Waals surface area contributed by atoms with Crippen molar-refractivity contribution < 1.29 is 58.3 Å². The molecule has 6 unspecified atom stereocenters. The van der Waals surface area contributed by atoms with Gasteiger partial charge in [-0.05, 0) is 77.0 Å². The molecule has 0 saturated heterocycles. The van der Waals surface area contributed by atoms with E-state index in [4.69, 9.17) is 18.5 Å². The van der Waals surface area contributed by atoms with Gasteiger partial charge in [0.1, 0.15) is 42.7 Å². The van der Waals surface area contributed by atoms with Crippen molar-refractivity contribution in [2.45, 2.75) is 262 Å². The third-order valence-corrected chi connectivity index (χ3v) is 13.2. The van der Waals surface area contributed by atoms with Gasteiger partial charge in [-0.15, -0.1) is 0 Å². The fourth-order valence-corrected chi connectivity index (χ4v) is 8.92. The van der Waals surface area contributed by atoms with Gasteiger partial charge < -0.3 is 39.9 Å². The highest BCUT2D eigenvalue weighted by atomic mass is 31.2. The fourth-order valence-electron chi connectivity index (χ4n) is 7.95. The Morgan fingerprint density at radius 1 is 0.485 bits per heavy atom. The Morgan fingerprint density at radius 2 is 0.848 bits per heavy atom. The maximum atomic E-state index is 12.9. The lowest BCUT2D eigenvalue weighted by molar-refractivity contribution is -0.220. The van der Waals surface area contributed by atoms with Crippen LogP contribution in [0.5, 0.6) is 0 Å². The van der Waals surface area contributed by atoms with Crippen molar-refractivity contribution in [2.75, 3.05) is 19.8 Å². The van der Waals surface area contributed by atoms with Crippen molar-refractivity contribution in [1.82, 2.24) is 0 Å². The number of ether oxygens (including phenoxy) is 2. The lowest BCUT2D eigenvalue weighted by Gasteiger charge is -2.41. The number of rotatable bonds is 45. The molecule has 386 valence electrons. The van der Waals surface area contributed by atoms with Gasteiger partial charge in [-0.1, -0.05) is 184 Å². The van der Waals surface area contributed by atoms with Crippen LogP contribution in [0.1, 0.15) is 219 Å². The molecule has 1 fully saturated rings. The van der Waals surface area contributed by atoms with Gasteiger partial charge in [0.15, 0.2) is 0 Å². The summed E-state index contributed by atoms with van der Waals surface area (Å²) < 4.78 is 34.3. The molecule has 0 heterocycles. The quantitative estimate of drug-likeness (QED) is 0.0147. The molecule has 66 heavy (non-hydrogen) atoms. The first-order chi connectivity index (χ1) is 32.0. The van der Waals surface area contributed by atoms with E-state index < -0.39 is 63.1 Å². The number of unbranched alkanes of at least 4 members (excludes halogenated alkanes) is 25. The Labute approximate surface area is 401 Å².